The highest BCUT2D eigenvalue weighted by molar-refractivity contribution is 6.46. The van der Waals surface area contributed by atoms with Crippen LogP contribution in [0, 0.1) is 10.1 Å². The van der Waals surface area contributed by atoms with Crippen LogP contribution in [0.4, 0.5) is 5.69 Å². The van der Waals surface area contributed by atoms with Gasteiger partial charge in [-0.05, 0) is 29.8 Å². The number of hydrogen-bond acceptors (Lipinski definition) is 8. The van der Waals surface area contributed by atoms with Crippen molar-refractivity contribution >= 4 is 23.1 Å². The zero-order valence-electron chi connectivity index (χ0n) is 18.7. The van der Waals surface area contributed by atoms with Crippen LogP contribution in [-0.4, -0.2) is 78.0 Å². The number of benzene rings is 2. The van der Waals surface area contributed by atoms with Gasteiger partial charge in [-0.25, -0.2) is 0 Å². The molecule has 178 valence electrons. The maximum atomic E-state index is 13.1. The first-order chi connectivity index (χ1) is 16.4. The predicted molar refractivity (Wildman–Crippen MR) is 122 cm³/mol. The molecule has 34 heavy (non-hydrogen) atoms. The van der Waals surface area contributed by atoms with E-state index in [9.17, 15) is 24.8 Å². The second-order valence-electron chi connectivity index (χ2n) is 8.03. The quantitative estimate of drug-likeness (QED) is 0.217. The van der Waals surface area contributed by atoms with Gasteiger partial charge in [0.1, 0.15) is 11.5 Å². The Morgan fingerprint density at radius 1 is 1.15 bits per heavy atom. The normalized spacial score (nSPS) is 20.5. The molecule has 1 unspecified atom stereocenters. The van der Waals surface area contributed by atoms with E-state index in [2.05, 4.69) is 4.90 Å². The molecule has 0 aromatic heterocycles. The summed E-state index contributed by atoms with van der Waals surface area (Å²) < 4.78 is 10.6. The number of Topliss-reactive ketones (excluding diaryl/α,β-unsaturated/α-hetero) is 1. The van der Waals surface area contributed by atoms with Crippen LogP contribution in [0.25, 0.3) is 5.76 Å². The number of non-ortho nitro benzene ring substituents is 1. The molecular weight excluding hydrogens is 442 g/mol. The van der Waals surface area contributed by atoms with Crippen molar-refractivity contribution in [3.8, 4) is 5.75 Å². The molecule has 10 nitrogen and oxygen atoms in total. The number of methoxy groups -OCH3 is 1. The minimum absolute atomic E-state index is 0.0610. The summed E-state index contributed by atoms with van der Waals surface area (Å²) in [6.07, 6.45) is 0. The van der Waals surface area contributed by atoms with Gasteiger partial charge in [-0.15, -0.1) is 0 Å². The molecule has 2 fully saturated rings. The van der Waals surface area contributed by atoms with Crippen LogP contribution in [0.5, 0.6) is 5.75 Å². The second kappa shape index (κ2) is 10.0. The Morgan fingerprint density at radius 2 is 1.85 bits per heavy atom. The largest absolute Gasteiger partial charge is 0.507 e. The monoisotopic (exact) mass is 467 g/mol. The molecule has 4 rings (SSSR count). The van der Waals surface area contributed by atoms with Gasteiger partial charge in [0.2, 0.25) is 0 Å². The number of nitro groups is 1. The van der Waals surface area contributed by atoms with E-state index in [1.165, 1.54) is 36.3 Å². The zero-order chi connectivity index (χ0) is 24.2. The minimum Gasteiger partial charge on any atom is -0.507 e. The lowest BCUT2D eigenvalue weighted by atomic mass is 9.95. The highest BCUT2D eigenvalue weighted by Crippen LogP contribution is 2.40. The van der Waals surface area contributed by atoms with Crippen molar-refractivity contribution in [3.63, 3.8) is 0 Å². The summed E-state index contributed by atoms with van der Waals surface area (Å²) in [6.45, 7) is 3.41. The minimum atomic E-state index is -0.881. The number of nitrogens with zero attached hydrogens (tertiary/aromatic N) is 3. The first-order valence-electron chi connectivity index (χ1n) is 10.9. The summed E-state index contributed by atoms with van der Waals surface area (Å²) in [5.74, 6) is -1.36. The first kappa shape index (κ1) is 23.4. The average molecular weight is 467 g/mol. The smallest absolute Gasteiger partial charge is 0.295 e. The van der Waals surface area contributed by atoms with E-state index in [4.69, 9.17) is 9.47 Å². The third kappa shape index (κ3) is 4.63. The molecule has 2 saturated heterocycles. The number of aliphatic hydroxyl groups excluding tert-OH is 1. The van der Waals surface area contributed by atoms with E-state index in [0.29, 0.717) is 36.6 Å². The van der Waals surface area contributed by atoms with Crippen molar-refractivity contribution in [3.05, 3.63) is 75.3 Å². The van der Waals surface area contributed by atoms with Crippen LogP contribution in [0.15, 0.2) is 54.1 Å². The Labute approximate surface area is 196 Å². The third-order valence-corrected chi connectivity index (χ3v) is 6.06. The van der Waals surface area contributed by atoms with Gasteiger partial charge in [0, 0.05) is 43.9 Å². The molecule has 0 saturated carbocycles. The van der Waals surface area contributed by atoms with Gasteiger partial charge in [0.05, 0.1) is 36.9 Å². The molecule has 2 heterocycles. The predicted octanol–water partition coefficient (Wildman–Crippen LogP) is 2.36. The summed E-state index contributed by atoms with van der Waals surface area (Å²) in [4.78, 5) is 40.3. The lowest BCUT2D eigenvalue weighted by Gasteiger charge is -2.31. The molecule has 1 amide bonds. The molecule has 10 heteroatoms. The van der Waals surface area contributed by atoms with Crippen LogP contribution in [0.1, 0.15) is 17.2 Å². The number of morpholine rings is 1. The van der Waals surface area contributed by atoms with Gasteiger partial charge in [0.25, 0.3) is 17.4 Å². The maximum Gasteiger partial charge on any atom is 0.295 e. The molecule has 2 aromatic carbocycles. The molecule has 0 spiro atoms. The average Bonchev–Trinajstić information content (AvgIpc) is 3.12. The van der Waals surface area contributed by atoms with Crippen molar-refractivity contribution in [2.24, 2.45) is 0 Å². The van der Waals surface area contributed by atoms with E-state index in [1.807, 2.05) is 0 Å². The van der Waals surface area contributed by atoms with Gasteiger partial charge in [-0.1, -0.05) is 12.1 Å². The number of ether oxygens (including phenoxy) is 2. The third-order valence-electron chi connectivity index (χ3n) is 6.06. The number of amides is 1. The molecule has 0 bridgehead atoms. The fraction of sp³-hybridized carbons (Fsp3) is 0.333. The first-order valence-corrected chi connectivity index (χ1v) is 10.9. The van der Waals surface area contributed by atoms with Crippen LogP contribution < -0.4 is 4.74 Å². The summed E-state index contributed by atoms with van der Waals surface area (Å²) in [5, 5.41) is 22.2. The van der Waals surface area contributed by atoms with Gasteiger partial charge >= 0.3 is 0 Å². The fourth-order valence-electron chi connectivity index (χ4n) is 4.24. The number of ketones is 1. The molecule has 1 N–H and O–H groups in total. The number of rotatable bonds is 7. The number of carbonyl (C=O) groups is 2. The van der Waals surface area contributed by atoms with Crippen LogP contribution in [-0.2, 0) is 14.3 Å². The maximum absolute atomic E-state index is 13.1. The van der Waals surface area contributed by atoms with Crippen molar-refractivity contribution in [1.82, 2.24) is 9.80 Å². The van der Waals surface area contributed by atoms with E-state index in [1.54, 1.807) is 24.3 Å². The Balaban J connectivity index is 1.75. The molecule has 2 aliphatic heterocycles. The van der Waals surface area contributed by atoms with Crippen LogP contribution in [0.3, 0.4) is 0 Å². The fourth-order valence-corrected chi connectivity index (χ4v) is 4.24. The van der Waals surface area contributed by atoms with E-state index in [-0.39, 0.29) is 23.6 Å². The second-order valence-corrected chi connectivity index (χ2v) is 8.03. The molecule has 2 aromatic rings. The topological polar surface area (TPSA) is 122 Å². The van der Waals surface area contributed by atoms with Crippen LogP contribution in [0.2, 0.25) is 0 Å². The summed E-state index contributed by atoms with van der Waals surface area (Å²) >= 11 is 0. The van der Waals surface area contributed by atoms with E-state index < -0.39 is 22.7 Å². The van der Waals surface area contributed by atoms with Crippen molar-refractivity contribution < 1.29 is 29.1 Å². The standard InChI is InChI=1S/C24H25N3O7/c1-33-19-4-2-3-17(15-19)22(28)20-21(16-5-7-18(8-6-16)27(31)32)26(24(30)23(20)29)10-9-25-11-13-34-14-12-25/h2-8,15,21,28H,9-14H2,1H3/b22-20+. The lowest BCUT2D eigenvalue weighted by molar-refractivity contribution is -0.384. The zero-order valence-corrected chi connectivity index (χ0v) is 18.7. The highest BCUT2D eigenvalue weighted by Gasteiger charge is 2.46. The number of nitro benzene ring substituents is 1. The summed E-state index contributed by atoms with van der Waals surface area (Å²) in [6, 6.07) is 11.3. The Bertz CT molecular complexity index is 1120. The molecule has 0 aliphatic carbocycles. The summed E-state index contributed by atoms with van der Waals surface area (Å²) in [5.41, 5.74) is 0.657. The molecule has 1 atom stereocenters. The number of carbonyl (C=O) groups excluding carboxylic acids is 2. The van der Waals surface area contributed by atoms with Gasteiger partial charge in [-0.2, -0.15) is 0 Å². The molecule has 0 radical (unpaired) electrons. The van der Waals surface area contributed by atoms with Gasteiger partial charge in [-0.3, -0.25) is 24.6 Å². The Morgan fingerprint density at radius 3 is 2.50 bits per heavy atom. The Kier molecular flexibility index (Phi) is 6.90. The van der Waals surface area contributed by atoms with Crippen molar-refractivity contribution in [1.29, 1.82) is 0 Å². The van der Waals surface area contributed by atoms with Crippen molar-refractivity contribution in [2.45, 2.75) is 6.04 Å². The van der Waals surface area contributed by atoms with Crippen LogP contribution >= 0.6 is 0 Å². The molecular formula is C24H25N3O7. The highest BCUT2D eigenvalue weighted by atomic mass is 16.6. The van der Waals surface area contributed by atoms with Crippen molar-refractivity contribution in [2.75, 3.05) is 46.5 Å². The van der Waals surface area contributed by atoms with E-state index >= 15 is 0 Å². The number of aliphatic hydroxyl groups is 1. The SMILES string of the molecule is COc1cccc(/C(O)=C2\C(=O)C(=O)N(CCN3CCOCC3)C2c2ccc([N+](=O)[O-])cc2)c1. The lowest BCUT2D eigenvalue weighted by Crippen LogP contribution is -2.42. The van der Waals surface area contributed by atoms with Gasteiger partial charge in [0.15, 0.2) is 0 Å². The van der Waals surface area contributed by atoms with Gasteiger partial charge < -0.3 is 19.5 Å². The Hall–Kier alpha value is -3.76. The number of likely N-dealkylation sites (tertiary alicyclic amines) is 1. The number of hydrogen-bond donors (Lipinski definition) is 1. The van der Waals surface area contributed by atoms with E-state index in [0.717, 1.165) is 13.1 Å². The molecule has 2 aliphatic rings. The summed E-state index contributed by atoms with van der Waals surface area (Å²) in [7, 11) is 1.49.